The van der Waals surface area contributed by atoms with Crippen molar-refractivity contribution in [3.8, 4) is 5.75 Å². The van der Waals surface area contributed by atoms with Gasteiger partial charge in [-0.3, -0.25) is 0 Å². The second kappa shape index (κ2) is 11.1. The Morgan fingerprint density at radius 1 is 1.14 bits per heavy atom. The summed E-state index contributed by atoms with van der Waals surface area (Å²) in [5.41, 5.74) is 2.34. The summed E-state index contributed by atoms with van der Waals surface area (Å²) in [5, 5.41) is 9.71. The minimum Gasteiger partial charge on any atom is -0.480 e. The smallest absolute Gasteiger partial charge is 0.341 e. The van der Waals surface area contributed by atoms with Crippen LogP contribution in [0.5, 0.6) is 5.75 Å². The maximum Gasteiger partial charge on any atom is 0.341 e. The molecule has 1 fully saturated rings. The normalized spacial score (nSPS) is 21.7. The summed E-state index contributed by atoms with van der Waals surface area (Å²) in [6.07, 6.45) is -1.01. The lowest BCUT2D eigenvalue weighted by atomic mass is 9.74. The second-order valence-electron chi connectivity index (χ2n) is 8.84. The van der Waals surface area contributed by atoms with Crippen molar-refractivity contribution in [1.82, 2.24) is 0 Å². The maximum absolute atomic E-state index is 15.4. The fraction of sp³-hybridized carbons (Fsp3) is 0.250. The van der Waals surface area contributed by atoms with Gasteiger partial charge in [0.15, 0.2) is 6.61 Å². The first-order valence-corrected chi connectivity index (χ1v) is 12.5. The third-order valence-corrected chi connectivity index (χ3v) is 7.20. The Morgan fingerprint density at radius 2 is 1.86 bits per heavy atom. The standard InChI is InChI=1S/C28H24BrClF2O4/c1-15(2)20-13-21(16-5-3-7-18(30)11-16)26(17-6-4-8-19(31)12-17)36-27(20)25-23(32)10-9-22(29)28(25)35-14-24(33)34/h3-12,20-21,26-27H,1,13-14H2,2H3,(H,33,34)/t20-,21-,26+,27+/m1/s1. The van der Waals surface area contributed by atoms with E-state index in [9.17, 15) is 9.18 Å². The number of carboxylic acids is 1. The fourth-order valence-electron chi connectivity index (χ4n) is 4.73. The molecule has 4 atom stereocenters. The van der Waals surface area contributed by atoms with Gasteiger partial charge in [-0.2, -0.15) is 0 Å². The van der Waals surface area contributed by atoms with Crippen molar-refractivity contribution >= 4 is 33.5 Å². The molecule has 0 radical (unpaired) electrons. The summed E-state index contributed by atoms with van der Waals surface area (Å²) in [6.45, 7) is 5.32. The van der Waals surface area contributed by atoms with Crippen LogP contribution in [0.4, 0.5) is 8.78 Å². The van der Waals surface area contributed by atoms with Gasteiger partial charge in [0.2, 0.25) is 0 Å². The molecule has 3 aromatic rings. The number of benzene rings is 3. The van der Waals surface area contributed by atoms with E-state index in [1.54, 1.807) is 18.2 Å². The van der Waals surface area contributed by atoms with Crippen molar-refractivity contribution in [2.24, 2.45) is 5.92 Å². The van der Waals surface area contributed by atoms with Crippen LogP contribution >= 0.6 is 27.5 Å². The first-order valence-electron chi connectivity index (χ1n) is 11.3. The van der Waals surface area contributed by atoms with Crippen LogP contribution in [0.1, 0.15) is 48.2 Å². The Balaban J connectivity index is 1.86. The van der Waals surface area contributed by atoms with Gasteiger partial charge < -0.3 is 14.6 Å². The van der Waals surface area contributed by atoms with Gasteiger partial charge in [-0.15, -0.1) is 0 Å². The average molecular weight is 578 g/mol. The number of ether oxygens (including phenoxy) is 2. The van der Waals surface area contributed by atoms with E-state index in [0.29, 0.717) is 21.5 Å². The lowest BCUT2D eigenvalue weighted by Gasteiger charge is -2.43. The predicted molar refractivity (Wildman–Crippen MR) is 137 cm³/mol. The molecule has 3 aromatic carbocycles. The summed E-state index contributed by atoms with van der Waals surface area (Å²) in [6, 6.07) is 16.2. The van der Waals surface area contributed by atoms with Crippen molar-refractivity contribution < 1.29 is 28.2 Å². The van der Waals surface area contributed by atoms with Crippen LogP contribution in [0, 0.1) is 17.6 Å². The van der Waals surface area contributed by atoms with E-state index in [4.69, 9.17) is 26.2 Å². The van der Waals surface area contributed by atoms with Gasteiger partial charge in [-0.05, 0) is 76.8 Å². The van der Waals surface area contributed by atoms with Gasteiger partial charge in [0.1, 0.15) is 17.4 Å². The maximum atomic E-state index is 15.4. The number of carbonyl (C=O) groups is 1. The van der Waals surface area contributed by atoms with Crippen molar-refractivity contribution in [3.63, 3.8) is 0 Å². The zero-order valence-electron chi connectivity index (χ0n) is 19.4. The Bertz CT molecular complexity index is 1300. The zero-order chi connectivity index (χ0) is 26.0. The molecule has 1 aliphatic heterocycles. The van der Waals surface area contributed by atoms with Gasteiger partial charge >= 0.3 is 5.97 Å². The van der Waals surface area contributed by atoms with Crippen LogP contribution in [0.25, 0.3) is 0 Å². The summed E-state index contributed by atoms with van der Waals surface area (Å²) < 4.78 is 42.2. The molecule has 8 heteroatoms. The summed E-state index contributed by atoms with van der Waals surface area (Å²) in [5.74, 6) is -2.76. The van der Waals surface area contributed by atoms with E-state index in [0.717, 1.165) is 11.1 Å². The fourth-order valence-corrected chi connectivity index (χ4v) is 5.39. The van der Waals surface area contributed by atoms with Crippen LogP contribution < -0.4 is 4.74 Å². The molecule has 1 heterocycles. The first kappa shape index (κ1) is 26.3. The van der Waals surface area contributed by atoms with Crippen LogP contribution in [0.2, 0.25) is 5.02 Å². The molecule has 4 nitrogen and oxygen atoms in total. The SMILES string of the molecule is C=C(C)[C@H]1C[C@H](c2cccc(Cl)c2)[C@H](c2cccc(F)c2)O[C@@H]1c1c(F)ccc(Br)c1OCC(=O)O. The molecular formula is C28H24BrClF2O4. The molecule has 0 bridgehead atoms. The molecule has 36 heavy (non-hydrogen) atoms. The van der Waals surface area contributed by atoms with E-state index in [-0.39, 0.29) is 23.1 Å². The quantitative estimate of drug-likeness (QED) is 0.289. The summed E-state index contributed by atoms with van der Waals surface area (Å²) >= 11 is 9.64. The van der Waals surface area contributed by atoms with Gasteiger partial charge in [-0.1, -0.05) is 48.0 Å². The molecule has 0 aliphatic carbocycles. The predicted octanol–water partition coefficient (Wildman–Crippen LogP) is 8.02. The van der Waals surface area contributed by atoms with Gasteiger partial charge in [0.05, 0.1) is 22.2 Å². The lowest BCUT2D eigenvalue weighted by Crippen LogP contribution is -2.32. The minimum absolute atomic E-state index is 0.0489. The molecule has 1 aliphatic rings. The van der Waals surface area contributed by atoms with Gasteiger partial charge in [0.25, 0.3) is 0 Å². The Morgan fingerprint density at radius 3 is 2.53 bits per heavy atom. The number of rotatable bonds is 7. The summed E-state index contributed by atoms with van der Waals surface area (Å²) in [4.78, 5) is 11.2. The monoisotopic (exact) mass is 576 g/mol. The van der Waals surface area contributed by atoms with E-state index < -0.39 is 36.4 Å². The second-order valence-corrected chi connectivity index (χ2v) is 10.1. The molecular weight excluding hydrogens is 554 g/mol. The highest BCUT2D eigenvalue weighted by Gasteiger charge is 2.43. The molecule has 0 unspecified atom stereocenters. The largest absolute Gasteiger partial charge is 0.480 e. The number of aliphatic carboxylic acids is 1. The Kier molecular flexibility index (Phi) is 8.13. The Hall–Kier alpha value is -2.74. The number of hydrogen-bond donors (Lipinski definition) is 1. The van der Waals surface area contributed by atoms with E-state index >= 15 is 4.39 Å². The lowest BCUT2D eigenvalue weighted by molar-refractivity contribution is -0.139. The van der Waals surface area contributed by atoms with Crippen molar-refractivity contribution in [1.29, 1.82) is 0 Å². The number of halogens is 4. The zero-order valence-corrected chi connectivity index (χ0v) is 21.7. The van der Waals surface area contributed by atoms with E-state index in [2.05, 4.69) is 22.5 Å². The van der Waals surface area contributed by atoms with Crippen LogP contribution in [-0.2, 0) is 9.53 Å². The van der Waals surface area contributed by atoms with Crippen LogP contribution in [0.15, 0.2) is 77.3 Å². The van der Waals surface area contributed by atoms with Gasteiger partial charge in [0, 0.05) is 16.9 Å². The Labute approximate surface area is 221 Å². The third kappa shape index (κ3) is 5.64. The molecule has 1 saturated heterocycles. The molecule has 0 amide bonds. The van der Waals surface area contributed by atoms with Crippen molar-refractivity contribution in [2.45, 2.75) is 31.5 Å². The molecule has 0 saturated carbocycles. The number of hydrogen-bond acceptors (Lipinski definition) is 3. The minimum atomic E-state index is -1.20. The van der Waals surface area contributed by atoms with Crippen LogP contribution in [-0.4, -0.2) is 17.7 Å². The van der Waals surface area contributed by atoms with E-state index in [1.807, 2.05) is 25.1 Å². The highest BCUT2D eigenvalue weighted by molar-refractivity contribution is 9.10. The number of carboxylic acid groups (broad SMARTS) is 1. The first-order chi connectivity index (χ1) is 17.2. The van der Waals surface area contributed by atoms with Crippen molar-refractivity contribution in [2.75, 3.05) is 6.61 Å². The average Bonchev–Trinajstić information content (AvgIpc) is 2.83. The van der Waals surface area contributed by atoms with Crippen LogP contribution in [0.3, 0.4) is 0 Å². The highest BCUT2D eigenvalue weighted by Crippen LogP contribution is 2.54. The van der Waals surface area contributed by atoms with Gasteiger partial charge in [-0.25, -0.2) is 13.6 Å². The topological polar surface area (TPSA) is 55.8 Å². The molecule has 0 spiro atoms. The molecule has 188 valence electrons. The molecule has 4 rings (SSSR count). The molecule has 0 aromatic heterocycles. The summed E-state index contributed by atoms with van der Waals surface area (Å²) in [7, 11) is 0. The highest BCUT2D eigenvalue weighted by atomic mass is 79.9. The van der Waals surface area contributed by atoms with E-state index in [1.165, 1.54) is 24.3 Å². The van der Waals surface area contributed by atoms with Crippen molar-refractivity contribution in [3.05, 3.63) is 111 Å². The molecule has 1 N–H and O–H groups in total. The third-order valence-electron chi connectivity index (χ3n) is 6.34.